The molecule has 1 aliphatic heterocycles. The van der Waals surface area contributed by atoms with Gasteiger partial charge in [-0.1, -0.05) is 0 Å². The van der Waals surface area contributed by atoms with Crippen molar-refractivity contribution in [1.82, 2.24) is 4.98 Å². The van der Waals surface area contributed by atoms with E-state index in [0.717, 1.165) is 31.0 Å². The molecule has 0 saturated heterocycles. The van der Waals surface area contributed by atoms with E-state index < -0.39 is 0 Å². The molecule has 2 rings (SSSR count). The average Bonchev–Trinajstić information content (AvgIpc) is 2.17. The number of rotatable bonds is 1. The van der Waals surface area contributed by atoms with Crippen molar-refractivity contribution in [3.8, 4) is 5.75 Å². The first-order valence-electron chi connectivity index (χ1n) is 4.17. The molecule has 0 saturated carbocycles. The van der Waals surface area contributed by atoms with E-state index in [1.807, 2.05) is 6.07 Å². The van der Waals surface area contributed by atoms with Crippen molar-refractivity contribution >= 4 is 30.6 Å². The first kappa shape index (κ1) is 13.3. The Kier molecular flexibility index (Phi) is 5.65. The highest BCUT2D eigenvalue weighted by Crippen LogP contribution is 2.27. The molecule has 0 aliphatic carbocycles. The van der Waals surface area contributed by atoms with Crippen LogP contribution in [-0.4, -0.2) is 18.6 Å². The summed E-state index contributed by atoms with van der Waals surface area (Å²) >= 11 is 0. The summed E-state index contributed by atoms with van der Waals surface area (Å²) in [5.74, 6) is 1.94. The van der Waals surface area contributed by atoms with E-state index >= 15 is 0 Å². The minimum atomic E-state index is 0. The number of nitrogens with one attached hydrogen (secondary N) is 1. The standard InChI is InChI=1S/C9H12N2O.2ClH/c1-12-8-4-6-11-9-7(8)3-2-5-10-9;;/h4,6H,2-3,5H2,1H3,(H,10,11);2*1H. The predicted molar refractivity (Wildman–Crippen MR) is 62.1 cm³/mol. The SMILES string of the molecule is COc1ccnc2c1CCCN2.Cl.Cl. The molecule has 0 aromatic carbocycles. The van der Waals surface area contributed by atoms with Crippen LogP contribution in [-0.2, 0) is 6.42 Å². The fourth-order valence-corrected chi connectivity index (χ4v) is 1.53. The Hall–Kier alpha value is -0.670. The van der Waals surface area contributed by atoms with Gasteiger partial charge in [0.2, 0.25) is 0 Å². The maximum atomic E-state index is 5.23. The van der Waals surface area contributed by atoms with Crippen molar-refractivity contribution in [2.45, 2.75) is 12.8 Å². The lowest BCUT2D eigenvalue weighted by atomic mass is 10.1. The van der Waals surface area contributed by atoms with Crippen LogP contribution in [0.2, 0.25) is 0 Å². The number of anilines is 1. The Morgan fingerprint density at radius 3 is 2.93 bits per heavy atom. The Balaban J connectivity index is 0.000000845. The zero-order valence-electron chi connectivity index (χ0n) is 7.95. The number of hydrogen-bond acceptors (Lipinski definition) is 3. The van der Waals surface area contributed by atoms with Gasteiger partial charge >= 0.3 is 0 Å². The molecule has 2 heterocycles. The molecule has 0 bridgehead atoms. The van der Waals surface area contributed by atoms with Crippen LogP contribution in [0.3, 0.4) is 0 Å². The van der Waals surface area contributed by atoms with Crippen LogP contribution in [0.5, 0.6) is 5.75 Å². The van der Waals surface area contributed by atoms with Crippen LogP contribution in [0, 0.1) is 0 Å². The minimum Gasteiger partial charge on any atom is -0.496 e. The number of aromatic nitrogens is 1. The first-order chi connectivity index (χ1) is 5.92. The molecule has 1 aliphatic rings. The molecule has 0 unspecified atom stereocenters. The van der Waals surface area contributed by atoms with E-state index in [9.17, 15) is 0 Å². The van der Waals surface area contributed by atoms with Crippen LogP contribution < -0.4 is 10.1 Å². The third kappa shape index (κ3) is 2.42. The van der Waals surface area contributed by atoms with Crippen molar-refractivity contribution < 1.29 is 4.74 Å². The molecule has 80 valence electrons. The summed E-state index contributed by atoms with van der Waals surface area (Å²) in [4.78, 5) is 4.24. The van der Waals surface area contributed by atoms with E-state index in [2.05, 4.69) is 10.3 Å². The Labute approximate surface area is 96.1 Å². The highest BCUT2D eigenvalue weighted by molar-refractivity contribution is 5.85. The van der Waals surface area contributed by atoms with Gasteiger partial charge in [0.1, 0.15) is 11.6 Å². The zero-order valence-corrected chi connectivity index (χ0v) is 9.58. The second-order valence-corrected chi connectivity index (χ2v) is 2.87. The molecule has 14 heavy (non-hydrogen) atoms. The van der Waals surface area contributed by atoms with Gasteiger partial charge in [-0.3, -0.25) is 0 Å². The minimum absolute atomic E-state index is 0. The summed E-state index contributed by atoms with van der Waals surface area (Å²) < 4.78 is 5.23. The molecular formula is C9H14Cl2N2O. The van der Waals surface area contributed by atoms with Gasteiger partial charge in [0.05, 0.1) is 7.11 Å². The molecule has 5 heteroatoms. The normalized spacial score (nSPS) is 12.6. The highest BCUT2D eigenvalue weighted by atomic mass is 35.5. The lowest BCUT2D eigenvalue weighted by molar-refractivity contribution is 0.408. The maximum Gasteiger partial charge on any atom is 0.132 e. The lowest BCUT2D eigenvalue weighted by Gasteiger charge is -2.18. The largest absolute Gasteiger partial charge is 0.496 e. The van der Waals surface area contributed by atoms with Gasteiger partial charge in [0, 0.05) is 18.3 Å². The molecule has 1 aromatic rings. The number of ether oxygens (including phenoxy) is 1. The van der Waals surface area contributed by atoms with Crippen molar-refractivity contribution in [1.29, 1.82) is 0 Å². The van der Waals surface area contributed by atoms with Gasteiger partial charge in [0.15, 0.2) is 0 Å². The van der Waals surface area contributed by atoms with E-state index in [1.54, 1.807) is 13.3 Å². The maximum absolute atomic E-state index is 5.23. The van der Waals surface area contributed by atoms with Crippen molar-refractivity contribution in [3.05, 3.63) is 17.8 Å². The number of fused-ring (bicyclic) bond motifs is 1. The number of nitrogens with zero attached hydrogens (tertiary/aromatic N) is 1. The summed E-state index contributed by atoms with van der Waals surface area (Å²) in [6.45, 7) is 1.02. The van der Waals surface area contributed by atoms with Gasteiger partial charge in [-0.15, -0.1) is 24.8 Å². The molecule has 0 atom stereocenters. The predicted octanol–water partition coefficient (Wildman–Crippen LogP) is 2.29. The topological polar surface area (TPSA) is 34.1 Å². The van der Waals surface area contributed by atoms with E-state index in [1.165, 1.54) is 5.56 Å². The fourth-order valence-electron chi connectivity index (χ4n) is 1.53. The molecule has 3 nitrogen and oxygen atoms in total. The van der Waals surface area contributed by atoms with Crippen LogP contribution in [0.15, 0.2) is 12.3 Å². The first-order valence-corrected chi connectivity index (χ1v) is 4.17. The molecule has 0 fully saturated rings. The summed E-state index contributed by atoms with van der Waals surface area (Å²) in [5.41, 5.74) is 1.21. The molecule has 1 aromatic heterocycles. The van der Waals surface area contributed by atoms with Crippen LogP contribution in [0.4, 0.5) is 5.82 Å². The molecule has 1 N–H and O–H groups in total. The Morgan fingerprint density at radius 1 is 1.43 bits per heavy atom. The Bertz CT molecular complexity index is 280. The monoisotopic (exact) mass is 236 g/mol. The second kappa shape index (κ2) is 5.94. The number of methoxy groups -OCH3 is 1. The van der Waals surface area contributed by atoms with E-state index in [0.29, 0.717) is 0 Å². The zero-order chi connectivity index (χ0) is 8.39. The highest BCUT2D eigenvalue weighted by Gasteiger charge is 2.13. The lowest BCUT2D eigenvalue weighted by Crippen LogP contribution is -2.13. The van der Waals surface area contributed by atoms with Crippen molar-refractivity contribution in [2.75, 3.05) is 19.0 Å². The fraction of sp³-hybridized carbons (Fsp3) is 0.444. The third-order valence-electron chi connectivity index (χ3n) is 2.13. The third-order valence-corrected chi connectivity index (χ3v) is 2.13. The van der Waals surface area contributed by atoms with Gasteiger partial charge in [-0.05, 0) is 18.9 Å². The van der Waals surface area contributed by atoms with E-state index in [4.69, 9.17) is 4.74 Å². The second-order valence-electron chi connectivity index (χ2n) is 2.87. The Morgan fingerprint density at radius 2 is 2.21 bits per heavy atom. The van der Waals surface area contributed by atoms with Crippen LogP contribution in [0.25, 0.3) is 0 Å². The molecule has 0 amide bonds. The van der Waals surface area contributed by atoms with Gasteiger partial charge < -0.3 is 10.1 Å². The van der Waals surface area contributed by atoms with Gasteiger partial charge in [-0.2, -0.15) is 0 Å². The molecule has 0 radical (unpaired) electrons. The summed E-state index contributed by atoms with van der Waals surface area (Å²) in [6.07, 6.45) is 4.00. The quantitative estimate of drug-likeness (QED) is 0.813. The van der Waals surface area contributed by atoms with E-state index in [-0.39, 0.29) is 24.8 Å². The van der Waals surface area contributed by atoms with Crippen LogP contribution >= 0.6 is 24.8 Å². The summed E-state index contributed by atoms with van der Waals surface area (Å²) in [7, 11) is 1.70. The number of halogens is 2. The summed E-state index contributed by atoms with van der Waals surface area (Å²) in [5, 5.41) is 3.25. The van der Waals surface area contributed by atoms with Gasteiger partial charge in [0.25, 0.3) is 0 Å². The number of pyridine rings is 1. The van der Waals surface area contributed by atoms with Gasteiger partial charge in [-0.25, -0.2) is 4.98 Å². The smallest absolute Gasteiger partial charge is 0.132 e. The summed E-state index contributed by atoms with van der Waals surface area (Å²) in [6, 6.07) is 1.91. The average molecular weight is 237 g/mol. The molecule has 0 spiro atoms. The van der Waals surface area contributed by atoms with Crippen LogP contribution in [0.1, 0.15) is 12.0 Å². The van der Waals surface area contributed by atoms with Crippen molar-refractivity contribution in [3.63, 3.8) is 0 Å². The molecular weight excluding hydrogens is 223 g/mol. The van der Waals surface area contributed by atoms with Crippen molar-refractivity contribution in [2.24, 2.45) is 0 Å². The number of hydrogen-bond donors (Lipinski definition) is 1.